The highest BCUT2D eigenvalue weighted by atomic mass is 35.5. The van der Waals surface area contributed by atoms with Crippen LogP contribution in [0.2, 0.25) is 5.02 Å². The second kappa shape index (κ2) is 5.62. The number of nitrogens with one attached hydrogen (secondary N) is 1. The summed E-state index contributed by atoms with van der Waals surface area (Å²) < 4.78 is 41.4. The van der Waals surface area contributed by atoms with Gasteiger partial charge in [-0.05, 0) is 24.3 Å². The normalized spacial score (nSPS) is 15.5. The molecule has 1 N–H and O–H groups in total. The van der Waals surface area contributed by atoms with Gasteiger partial charge >= 0.3 is 6.36 Å². The summed E-state index contributed by atoms with van der Waals surface area (Å²) in [6.45, 7) is 0. The molecule has 3 nitrogen and oxygen atoms in total. The average molecular weight is 340 g/mol. The van der Waals surface area contributed by atoms with Crippen LogP contribution >= 0.6 is 11.6 Å². The van der Waals surface area contributed by atoms with Gasteiger partial charge in [-0.2, -0.15) is 0 Å². The first kappa shape index (κ1) is 15.4. The average Bonchev–Trinajstić information content (AvgIpc) is 2.74. The largest absolute Gasteiger partial charge is 0.573 e. The van der Waals surface area contributed by atoms with Crippen molar-refractivity contribution in [3.63, 3.8) is 0 Å². The topological polar surface area (TPSA) is 38.3 Å². The molecule has 3 rings (SSSR count). The Balaban J connectivity index is 2.05. The maximum absolute atomic E-state index is 12.5. The molecular weight excluding hydrogens is 331 g/mol. The number of fused-ring (bicyclic) bond motifs is 1. The Bertz CT molecular complexity index is 815. The highest BCUT2D eigenvalue weighted by Gasteiger charge is 2.32. The lowest BCUT2D eigenvalue weighted by molar-refractivity contribution is -0.274. The first-order chi connectivity index (χ1) is 10.8. The van der Waals surface area contributed by atoms with E-state index in [4.69, 9.17) is 11.6 Å². The van der Waals surface area contributed by atoms with E-state index in [9.17, 15) is 18.0 Å². The molecule has 118 valence electrons. The minimum Gasteiger partial charge on any atom is -0.405 e. The Morgan fingerprint density at radius 3 is 2.61 bits per heavy atom. The summed E-state index contributed by atoms with van der Waals surface area (Å²) in [5.74, 6) is -0.785. The van der Waals surface area contributed by atoms with Gasteiger partial charge in [0.05, 0.1) is 5.69 Å². The van der Waals surface area contributed by atoms with E-state index in [1.165, 1.54) is 24.3 Å². The summed E-state index contributed by atoms with van der Waals surface area (Å²) in [4.78, 5) is 12.1. The zero-order chi connectivity index (χ0) is 16.6. The molecule has 0 atom stereocenters. The van der Waals surface area contributed by atoms with Gasteiger partial charge < -0.3 is 10.1 Å². The standard InChI is InChI=1S/C16H9ClF3NO2/c17-10-5-6-11-12(15(22)21-13(11)8-10)7-9-3-1-2-4-14(9)23-16(18,19)20/h1-8H,(H,21,22)/b12-7-. The lowest BCUT2D eigenvalue weighted by atomic mass is 10.0. The molecule has 0 bridgehead atoms. The number of carbonyl (C=O) groups is 1. The molecule has 1 amide bonds. The van der Waals surface area contributed by atoms with E-state index >= 15 is 0 Å². The van der Waals surface area contributed by atoms with Crippen molar-refractivity contribution in [2.75, 3.05) is 5.32 Å². The molecule has 0 spiro atoms. The molecule has 1 aliphatic rings. The molecule has 1 aliphatic heterocycles. The van der Waals surface area contributed by atoms with Crippen LogP contribution in [-0.4, -0.2) is 12.3 Å². The fraction of sp³-hybridized carbons (Fsp3) is 0.0625. The Labute approximate surface area is 134 Å². The van der Waals surface area contributed by atoms with E-state index in [2.05, 4.69) is 10.1 Å². The zero-order valence-electron chi connectivity index (χ0n) is 11.4. The van der Waals surface area contributed by atoms with Crippen molar-refractivity contribution in [2.24, 2.45) is 0 Å². The number of para-hydroxylation sites is 1. The first-order valence-electron chi connectivity index (χ1n) is 6.51. The Kier molecular flexibility index (Phi) is 3.77. The van der Waals surface area contributed by atoms with Crippen LogP contribution in [0.1, 0.15) is 11.1 Å². The lowest BCUT2D eigenvalue weighted by Gasteiger charge is -2.11. The number of anilines is 1. The molecule has 23 heavy (non-hydrogen) atoms. The Hall–Kier alpha value is -2.47. The molecule has 0 radical (unpaired) electrons. The van der Waals surface area contributed by atoms with Crippen LogP contribution in [0.3, 0.4) is 0 Å². The van der Waals surface area contributed by atoms with Crippen LogP contribution in [0, 0.1) is 0 Å². The molecule has 0 saturated heterocycles. The van der Waals surface area contributed by atoms with Crippen LogP contribution in [0.15, 0.2) is 42.5 Å². The van der Waals surface area contributed by atoms with Gasteiger partial charge in [0.25, 0.3) is 5.91 Å². The van der Waals surface area contributed by atoms with Gasteiger partial charge in [0, 0.05) is 21.7 Å². The Morgan fingerprint density at radius 2 is 1.87 bits per heavy atom. The molecule has 0 saturated carbocycles. The molecule has 7 heteroatoms. The summed E-state index contributed by atoms with van der Waals surface area (Å²) in [6, 6.07) is 10.4. The minimum absolute atomic E-state index is 0.151. The molecule has 1 heterocycles. The number of ether oxygens (including phenoxy) is 1. The lowest BCUT2D eigenvalue weighted by Crippen LogP contribution is -2.17. The molecular formula is C16H9ClF3NO2. The van der Waals surface area contributed by atoms with Crippen LogP contribution in [-0.2, 0) is 4.79 Å². The molecule has 0 aliphatic carbocycles. The van der Waals surface area contributed by atoms with E-state index in [1.807, 2.05) is 0 Å². The van der Waals surface area contributed by atoms with Gasteiger partial charge in [-0.1, -0.05) is 35.9 Å². The number of alkyl halides is 3. The predicted octanol–water partition coefficient (Wildman–Crippen LogP) is 4.73. The van der Waals surface area contributed by atoms with E-state index < -0.39 is 12.3 Å². The number of benzene rings is 2. The predicted molar refractivity (Wildman–Crippen MR) is 81.1 cm³/mol. The quantitative estimate of drug-likeness (QED) is 0.803. The monoisotopic (exact) mass is 339 g/mol. The highest BCUT2D eigenvalue weighted by molar-refractivity contribution is 6.36. The van der Waals surface area contributed by atoms with Crippen LogP contribution in [0.5, 0.6) is 5.75 Å². The number of hydrogen-bond acceptors (Lipinski definition) is 2. The minimum atomic E-state index is -4.81. The van der Waals surface area contributed by atoms with Crippen molar-refractivity contribution in [3.05, 3.63) is 58.6 Å². The number of amides is 1. The fourth-order valence-corrected chi connectivity index (χ4v) is 2.46. The zero-order valence-corrected chi connectivity index (χ0v) is 12.2. The number of halogens is 4. The van der Waals surface area contributed by atoms with E-state index in [-0.39, 0.29) is 16.9 Å². The fourth-order valence-electron chi connectivity index (χ4n) is 2.28. The van der Waals surface area contributed by atoms with Crippen LogP contribution in [0.25, 0.3) is 11.6 Å². The first-order valence-corrected chi connectivity index (χ1v) is 6.89. The summed E-state index contributed by atoms with van der Waals surface area (Å²) in [7, 11) is 0. The van der Waals surface area contributed by atoms with Crippen LogP contribution < -0.4 is 10.1 Å². The number of rotatable bonds is 2. The molecule has 0 unspecified atom stereocenters. The van der Waals surface area contributed by atoms with Crippen molar-refractivity contribution < 1.29 is 22.7 Å². The third-order valence-electron chi connectivity index (χ3n) is 3.21. The van der Waals surface area contributed by atoms with Gasteiger partial charge in [0.2, 0.25) is 0 Å². The van der Waals surface area contributed by atoms with Gasteiger partial charge in [-0.25, -0.2) is 0 Å². The van der Waals surface area contributed by atoms with Gasteiger partial charge in [0.1, 0.15) is 5.75 Å². The summed E-state index contributed by atoms with van der Waals surface area (Å²) in [6.07, 6.45) is -3.45. The third kappa shape index (κ3) is 3.32. The third-order valence-corrected chi connectivity index (χ3v) is 3.44. The summed E-state index contributed by atoms with van der Waals surface area (Å²) >= 11 is 5.86. The maximum Gasteiger partial charge on any atom is 0.573 e. The van der Waals surface area contributed by atoms with Crippen molar-refractivity contribution >= 4 is 34.8 Å². The van der Waals surface area contributed by atoms with Gasteiger partial charge in [0.15, 0.2) is 0 Å². The van der Waals surface area contributed by atoms with Gasteiger partial charge in [-0.15, -0.1) is 13.2 Å². The second-order valence-corrected chi connectivity index (χ2v) is 5.22. The van der Waals surface area contributed by atoms with Crippen molar-refractivity contribution in [1.82, 2.24) is 0 Å². The van der Waals surface area contributed by atoms with Crippen molar-refractivity contribution in [1.29, 1.82) is 0 Å². The molecule has 2 aromatic rings. The smallest absolute Gasteiger partial charge is 0.405 e. The molecule has 2 aromatic carbocycles. The van der Waals surface area contributed by atoms with Crippen molar-refractivity contribution in [3.8, 4) is 5.75 Å². The SMILES string of the molecule is O=C1Nc2cc(Cl)ccc2/C1=C/c1ccccc1OC(F)(F)F. The van der Waals surface area contributed by atoms with E-state index in [0.717, 1.165) is 0 Å². The van der Waals surface area contributed by atoms with Crippen LogP contribution in [0.4, 0.5) is 18.9 Å². The maximum atomic E-state index is 12.5. The summed E-state index contributed by atoms with van der Waals surface area (Å²) in [5.41, 5.74) is 1.48. The second-order valence-electron chi connectivity index (χ2n) is 4.79. The van der Waals surface area contributed by atoms with Gasteiger partial charge in [-0.3, -0.25) is 4.79 Å². The van der Waals surface area contributed by atoms with E-state index in [0.29, 0.717) is 16.3 Å². The molecule has 0 aromatic heterocycles. The Morgan fingerprint density at radius 1 is 1.13 bits per heavy atom. The van der Waals surface area contributed by atoms with Crippen molar-refractivity contribution in [2.45, 2.75) is 6.36 Å². The number of hydrogen-bond donors (Lipinski definition) is 1. The molecule has 0 fully saturated rings. The van der Waals surface area contributed by atoms with E-state index in [1.54, 1.807) is 24.3 Å². The number of carbonyl (C=O) groups excluding carboxylic acids is 1. The highest BCUT2D eigenvalue weighted by Crippen LogP contribution is 2.36. The summed E-state index contributed by atoms with van der Waals surface area (Å²) in [5, 5.41) is 3.07.